The average molecular weight is 155 g/mol. The van der Waals surface area contributed by atoms with Crippen molar-refractivity contribution in [2.75, 3.05) is 20.7 Å². The summed E-state index contributed by atoms with van der Waals surface area (Å²) in [7, 11) is 3.87. The van der Waals surface area contributed by atoms with Gasteiger partial charge in [-0.2, -0.15) is 0 Å². The topological polar surface area (TPSA) is 21.3 Å². The van der Waals surface area contributed by atoms with E-state index in [9.17, 15) is 0 Å². The first-order valence-electron chi connectivity index (χ1n) is 4.52. The lowest BCUT2D eigenvalue weighted by molar-refractivity contribution is -0.0205. The summed E-state index contributed by atoms with van der Waals surface area (Å²) in [5.74, 6) is 1.88. The number of rotatable bonds is 3. The molecule has 3 atom stereocenters. The van der Waals surface area contributed by atoms with Gasteiger partial charge in [0.15, 0.2) is 0 Å². The van der Waals surface area contributed by atoms with Gasteiger partial charge in [0.2, 0.25) is 0 Å². The van der Waals surface area contributed by atoms with Crippen molar-refractivity contribution in [3.8, 4) is 0 Å². The van der Waals surface area contributed by atoms with Crippen molar-refractivity contribution in [1.29, 1.82) is 0 Å². The van der Waals surface area contributed by atoms with Crippen LogP contribution in [0.4, 0.5) is 0 Å². The molecule has 11 heavy (non-hydrogen) atoms. The zero-order valence-electron chi connectivity index (χ0n) is 7.39. The molecule has 2 aliphatic carbocycles. The molecule has 2 fully saturated rings. The van der Waals surface area contributed by atoms with Gasteiger partial charge in [0.05, 0.1) is 5.60 Å². The molecule has 0 spiro atoms. The number of likely N-dealkylation sites (N-methyl/N-ethyl adjacent to an activating group) is 1. The van der Waals surface area contributed by atoms with Gasteiger partial charge in [-0.1, -0.05) is 0 Å². The van der Waals surface area contributed by atoms with Gasteiger partial charge in [-0.25, -0.2) is 0 Å². The fourth-order valence-corrected chi connectivity index (χ4v) is 2.67. The highest BCUT2D eigenvalue weighted by atomic mass is 16.5. The van der Waals surface area contributed by atoms with E-state index in [1.165, 1.54) is 19.3 Å². The second kappa shape index (κ2) is 2.46. The lowest BCUT2D eigenvalue weighted by Gasteiger charge is -2.29. The minimum absolute atomic E-state index is 0.208. The van der Waals surface area contributed by atoms with E-state index >= 15 is 0 Å². The second-order valence-corrected chi connectivity index (χ2v) is 3.94. The van der Waals surface area contributed by atoms with Gasteiger partial charge in [-0.05, 0) is 38.1 Å². The van der Waals surface area contributed by atoms with Crippen molar-refractivity contribution < 1.29 is 4.74 Å². The van der Waals surface area contributed by atoms with Gasteiger partial charge < -0.3 is 10.1 Å². The zero-order chi connectivity index (χ0) is 7.90. The fourth-order valence-electron chi connectivity index (χ4n) is 2.67. The van der Waals surface area contributed by atoms with E-state index < -0.39 is 0 Å². The molecule has 2 heteroatoms. The van der Waals surface area contributed by atoms with Gasteiger partial charge in [0.25, 0.3) is 0 Å². The lowest BCUT2D eigenvalue weighted by Crippen LogP contribution is -2.41. The number of hydrogen-bond donors (Lipinski definition) is 1. The summed E-state index contributed by atoms with van der Waals surface area (Å²) in [5, 5.41) is 3.23. The molecule has 2 nitrogen and oxygen atoms in total. The summed E-state index contributed by atoms with van der Waals surface area (Å²) < 4.78 is 5.63. The van der Waals surface area contributed by atoms with Crippen molar-refractivity contribution in [2.45, 2.75) is 24.9 Å². The van der Waals surface area contributed by atoms with Crippen LogP contribution in [0.15, 0.2) is 0 Å². The smallest absolute Gasteiger partial charge is 0.0833 e. The summed E-state index contributed by atoms with van der Waals surface area (Å²) in [6.45, 7) is 1.03. The molecule has 0 aliphatic heterocycles. The highest BCUT2D eigenvalue weighted by Crippen LogP contribution is 2.58. The highest BCUT2D eigenvalue weighted by molar-refractivity contribution is 5.09. The molecule has 0 amide bonds. The van der Waals surface area contributed by atoms with Crippen LogP contribution >= 0.6 is 0 Å². The van der Waals surface area contributed by atoms with Crippen molar-refractivity contribution in [2.24, 2.45) is 11.8 Å². The Hall–Kier alpha value is -0.0800. The summed E-state index contributed by atoms with van der Waals surface area (Å²) in [6.07, 6.45) is 4.06. The molecule has 3 unspecified atom stereocenters. The van der Waals surface area contributed by atoms with E-state index in [0.717, 1.165) is 18.4 Å². The van der Waals surface area contributed by atoms with E-state index in [1.54, 1.807) is 0 Å². The number of hydrogen-bond acceptors (Lipinski definition) is 2. The zero-order valence-corrected chi connectivity index (χ0v) is 7.39. The molecule has 2 aliphatic rings. The molecule has 2 saturated carbocycles. The maximum atomic E-state index is 5.63. The Morgan fingerprint density at radius 3 is 2.82 bits per heavy atom. The van der Waals surface area contributed by atoms with Crippen LogP contribution in [0.25, 0.3) is 0 Å². The summed E-state index contributed by atoms with van der Waals surface area (Å²) >= 11 is 0. The highest BCUT2D eigenvalue weighted by Gasteiger charge is 2.57. The third-order valence-corrected chi connectivity index (χ3v) is 3.42. The first-order chi connectivity index (χ1) is 5.32. The number of nitrogens with one attached hydrogen (secondary N) is 1. The summed E-state index contributed by atoms with van der Waals surface area (Å²) in [5.41, 5.74) is 0.208. The molecular formula is C9H17NO. The molecule has 0 aromatic rings. The normalized spacial score (nSPS) is 47.5. The lowest BCUT2D eigenvalue weighted by atomic mass is 9.97. The molecule has 0 aromatic heterocycles. The monoisotopic (exact) mass is 155 g/mol. The molecule has 0 heterocycles. The molecule has 64 valence electrons. The molecule has 2 rings (SSSR count). The maximum absolute atomic E-state index is 5.63. The number of fused-ring (bicyclic) bond motifs is 1. The molecule has 1 N–H and O–H groups in total. The summed E-state index contributed by atoms with van der Waals surface area (Å²) in [6, 6.07) is 0. The molecule has 0 saturated heterocycles. The van der Waals surface area contributed by atoms with Gasteiger partial charge in [-0.15, -0.1) is 0 Å². The fraction of sp³-hybridized carbons (Fsp3) is 1.00. The average Bonchev–Trinajstić information content (AvgIpc) is 2.73. The Kier molecular flexibility index (Phi) is 1.69. The molecular weight excluding hydrogens is 138 g/mol. The van der Waals surface area contributed by atoms with Gasteiger partial charge in [-0.3, -0.25) is 0 Å². The van der Waals surface area contributed by atoms with Crippen LogP contribution in [0.1, 0.15) is 19.3 Å². The van der Waals surface area contributed by atoms with Crippen molar-refractivity contribution >= 4 is 0 Å². The van der Waals surface area contributed by atoms with Crippen LogP contribution in [0.3, 0.4) is 0 Å². The molecule has 0 aromatic carbocycles. The van der Waals surface area contributed by atoms with Crippen LogP contribution in [0.2, 0.25) is 0 Å². The number of methoxy groups -OCH3 is 1. The van der Waals surface area contributed by atoms with Crippen LogP contribution in [0, 0.1) is 11.8 Å². The van der Waals surface area contributed by atoms with Crippen LogP contribution in [0.5, 0.6) is 0 Å². The second-order valence-electron chi connectivity index (χ2n) is 3.94. The third kappa shape index (κ3) is 1.00. The third-order valence-electron chi connectivity index (χ3n) is 3.42. The quantitative estimate of drug-likeness (QED) is 0.657. The van der Waals surface area contributed by atoms with Crippen molar-refractivity contribution in [3.05, 3.63) is 0 Å². The first-order valence-corrected chi connectivity index (χ1v) is 4.52. The summed E-state index contributed by atoms with van der Waals surface area (Å²) in [4.78, 5) is 0. The van der Waals surface area contributed by atoms with E-state index in [1.807, 2.05) is 14.2 Å². The predicted octanol–water partition coefficient (Wildman–Crippen LogP) is 1.02. The van der Waals surface area contributed by atoms with E-state index in [0.29, 0.717) is 0 Å². The Morgan fingerprint density at radius 1 is 1.64 bits per heavy atom. The van der Waals surface area contributed by atoms with Gasteiger partial charge in [0, 0.05) is 13.7 Å². The van der Waals surface area contributed by atoms with E-state index in [4.69, 9.17) is 4.74 Å². The van der Waals surface area contributed by atoms with Crippen LogP contribution in [-0.2, 0) is 4.74 Å². The Balaban J connectivity index is 2.04. The predicted molar refractivity (Wildman–Crippen MR) is 44.5 cm³/mol. The SMILES string of the molecule is CNCC1(OC)CCC2CC21. The van der Waals surface area contributed by atoms with Crippen molar-refractivity contribution in [3.63, 3.8) is 0 Å². The van der Waals surface area contributed by atoms with Gasteiger partial charge in [0.1, 0.15) is 0 Å². The standard InChI is InChI=1S/C9H17NO/c1-10-6-9(11-2)4-3-7-5-8(7)9/h7-8,10H,3-6H2,1-2H3. The first kappa shape index (κ1) is 7.56. The Labute approximate surface area is 68.3 Å². The Morgan fingerprint density at radius 2 is 2.45 bits per heavy atom. The van der Waals surface area contributed by atoms with Crippen molar-refractivity contribution in [1.82, 2.24) is 5.32 Å². The Bertz CT molecular complexity index is 160. The molecule has 0 bridgehead atoms. The largest absolute Gasteiger partial charge is 0.377 e. The minimum atomic E-state index is 0.208. The maximum Gasteiger partial charge on any atom is 0.0833 e. The van der Waals surface area contributed by atoms with Gasteiger partial charge >= 0.3 is 0 Å². The minimum Gasteiger partial charge on any atom is -0.377 e. The van der Waals surface area contributed by atoms with Crippen LogP contribution < -0.4 is 5.32 Å². The van der Waals surface area contributed by atoms with E-state index in [-0.39, 0.29) is 5.60 Å². The molecule has 0 radical (unpaired) electrons. The number of ether oxygens (including phenoxy) is 1. The van der Waals surface area contributed by atoms with Crippen LogP contribution in [-0.4, -0.2) is 26.3 Å². The van der Waals surface area contributed by atoms with E-state index in [2.05, 4.69) is 5.32 Å².